The Labute approximate surface area is 119 Å². The Morgan fingerprint density at radius 2 is 2.26 bits per heavy atom. The lowest BCUT2D eigenvalue weighted by Crippen LogP contribution is -2.18. The van der Waals surface area contributed by atoms with Gasteiger partial charge in [-0.3, -0.25) is 0 Å². The number of hydrogen-bond donors (Lipinski definition) is 1. The van der Waals surface area contributed by atoms with Gasteiger partial charge in [-0.2, -0.15) is 5.10 Å². The molecule has 1 N–H and O–H groups in total. The predicted octanol–water partition coefficient (Wildman–Crippen LogP) is 2.51. The molecule has 1 aromatic carbocycles. The van der Waals surface area contributed by atoms with Crippen molar-refractivity contribution in [3.63, 3.8) is 0 Å². The van der Waals surface area contributed by atoms with E-state index in [1.54, 1.807) is 17.9 Å². The minimum absolute atomic E-state index is 0.274. The van der Waals surface area contributed by atoms with Gasteiger partial charge in [0.05, 0.1) is 18.0 Å². The van der Waals surface area contributed by atoms with Crippen LogP contribution in [0.2, 0.25) is 0 Å². The summed E-state index contributed by atoms with van der Waals surface area (Å²) in [5.41, 5.74) is 1.73. The lowest BCUT2D eigenvalue weighted by Gasteiger charge is -2.04. The Hall–Kier alpha value is -1.24. The first-order chi connectivity index (χ1) is 9.20. The smallest absolute Gasteiger partial charge is 0.124 e. The van der Waals surface area contributed by atoms with Crippen LogP contribution in [-0.2, 0) is 11.3 Å². The van der Waals surface area contributed by atoms with Crippen molar-refractivity contribution in [1.29, 1.82) is 0 Å². The number of hydrogen-bond acceptors (Lipinski definition) is 3. The highest BCUT2D eigenvalue weighted by Gasteiger charge is 2.06. The van der Waals surface area contributed by atoms with Gasteiger partial charge in [0.1, 0.15) is 5.82 Å². The molecule has 0 saturated heterocycles. The molecule has 6 heteroatoms. The van der Waals surface area contributed by atoms with E-state index in [1.807, 2.05) is 12.3 Å². The fourth-order valence-electron chi connectivity index (χ4n) is 1.65. The van der Waals surface area contributed by atoms with Crippen molar-refractivity contribution in [2.75, 3.05) is 20.3 Å². The Morgan fingerprint density at radius 1 is 1.42 bits per heavy atom. The maximum Gasteiger partial charge on any atom is 0.124 e. The van der Waals surface area contributed by atoms with E-state index in [4.69, 9.17) is 4.74 Å². The molecule has 0 fully saturated rings. The zero-order valence-corrected chi connectivity index (χ0v) is 12.2. The summed E-state index contributed by atoms with van der Waals surface area (Å²) in [7, 11) is 1.67. The van der Waals surface area contributed by atoms with Gasteiger partial charge in [0.15, 0.2) is 0 Å². The first kappa shape index (κ1) is 14.2. The summed E-state index contributed by atoms with van der Waals surface area (Å²) in [4.78, 5) is 0. The number of ether oxygens (including phenoxy) is 1. The second-order valence-corrected chi connectivity index (χ2v) is 4.87. The molecule has 0 bridgehead atoms. The van der Waals surface area contributed by atoms with Gasteiger partial charge in [-0.25, -0.2) is 9.07 Å². The summed E-state index contributed by atoms with van der Waals surface area (Å²) < 4.78 is 20.4. The van der Waals surface area contributed by atoms with Crippen LogP contribution in [0.4, 0.5) is 4.39 Å². The zero-order valence-electron chi connectivity index (χ0n) is 10.6. The molecule has 0 radical (unpaired) electrons. The van der Waals surface area contributed by atoms with Crippen LogP contribution in [-0.4, -0.2) is 30.0 Å². The molecule has 0 atom stereocenters. The first-order valence-corrected chi connectivity index (χ1v) is 6.69. The van der Waals surface area contributed by atoms with Gasteiger partial charge in [0.2, 0.25) is 0 Å². The molecule has 2 aromatic rings. The van der Waals surface area contributed by atoms with Crippen LogP contribution in [0, 0.1) is 5.82 Å². The third-order valence-electron chi connectivity index (χ3n) is 2.59. The van der Waals surface area contributed by atoms with Gasteiger partial charge >= 0.3 is 0 Å². The number of methoxy groups -OCH3 is 1. The van der Waals surface area contributed by atoms with Gasteiger partial charge in [-0.05, 0) is 40.2 Å². The molecule has 102 valence electrons. The lowest BCUT2D eigenvalue weighted by atomic mass is 10.3. The van der Waals surface area contributed by atoms with E-state index >= 15 is 0 Å². The lowest BCUT2D eigenvalue weighted by molar-refractivity contribution is 0.199. The fourth-order valence-corrected chi connectivity index (χ4v) is 2.18. The second-order valence-electron chi connectivity index (χ2n) is 4.02. The monoisotopic (exact) mass is 327 g/mol. The largest absolute Gasteiger partial charge is 0.383 e. The molecule has 0 amide bonds. The molecular weight excluding hydrogens is 313 g/mol. The number of nitrogens with one attached hydrogen (secondary N) is 1. The maximum atomic E-state index is 13.0. The Bertz CT molecular complexity index is 544. The van der Waals surface area contributed by atoms with E-state index in [2.05, 4.69) is 26.3 Å². The highest BCUT2D eigenvalue weighted by molar-refractivity contribution is 9.10. The summed E-state index contributed by atoms with van der Waals surface area (Å²) in [5, 5.41) is 7.65. The molecule has 0 aliphatic heterocycles. The summed E-state index contributed by atoms with van der Waals surface area (Å²) in [6, 6.07) is 6.45. The van der Waals surface area contributed by atoms with Crippen LogP contribution in [0.5, 0.6) is 0 Å². The van der Waals surface area contributed by atoms with Crippen LogP contribution in [0.15, 0.2) is 34.9 Å². The highest BCUT2D eigenvalue weighted by atomic mass is 79.9. The van der Waals surface area contributed by atoms with E-state index < -0.39 is 0 Å². The fraction of sp³-hybridized carbons (Fsp3) is 0.308. The normalized spacial score (nSPS) is 10.9. The van der Waals surface area contributed by atoms with Crippen LogP contribution in [0.3, 0.4) is 0 Å². The quantitative estimate of drug-likeness (QED) is 0.828. The standard InChI is InChI=1S/C13H15BrFN3O/c1-19-7-5-16-9-11-4-6-18(17-11)13-3-2-10(15)8-12(13)14/h2-4,6,8,16H,5,7,9H2,1H3. The van der Waals surface area contributed by atoms with Crippen LogP contribution < -0.4 is 5.32 Å². The average molecular weight is 328 g/mol. The molecule has 0 saturated carbocycles. The first-order valence-electron chi connectivity index (χ1n) is 5.90. The SMILES string of the molecule is COCCNCc1ccn(-c2ccc(F)cc2Br)n1. The van der Waals surface area contributed by atoms with Crippen molar-refractivity contribution in [2.45, 2.75) is 6.54 Å². The minimum atomic E-state index is -0.274. The molecule has 1 aromatic heterocycles. The Balaban J connectivity index is 2.04. The number of halogens is 2. The average Bonchev–Trinajstić information content (AvgIpc) is 2.83. The summed E-state index contributed by atoms with van der Waals surface area (Å²) in [6.45, 7) is 2.13. The van der Waals surface area contributed by atoms with Gasteiger partial charge < -0.3 is 10.1 Å². The Kier molecular flexibility index (Phi) is 5.07. The van der Waals surface area contributed by atoms with Crippen LogP contribution in [0.25, 0.3) is 5.69 Å². The molecule has 0 unspecified atom stereocenters. The number of rotatable bonds is 6. The highest BCUT2D eigenvalue weighted by Crippen LogP contribution is 2.21. The zero-order chi connectivity index (χ0) is 13.7. The summed E-state index contributed by atoms with van der Waals surface area (Å²) in [6.07, 6.45) is 1.85. The second kappa shape index (κ2) is 6.79. The van der Waals surface area contributed by atoms with Crippen molar-refractivity contribution < 1.29 is 9.13 Å². The van der Waals surface area contributed by atoms with E-state index in [-0.39, 0.29) is 5.82 Å². The molecular formula is C13H15BrFN3O. The van der Waals surface area contributed by atoms with Crippen LogP contribution in [0.1, 0.15) is 5.69 Å². The number of aromatic nitrogens is 2. The Morgan fingerprint density at radius 3 is 3.00 bits per heavy atom. The van der Waals surface area contributed by atoms with Crippen molar-refractivity contribution in [3.05, 3.63) is 46.4 Å². The summed E-state index contributed by atoms with van der Waals surface area (Å²) in [5.74, 6) is -0.274. The van der Waals surface area contributed by atoms with Crippen molar-refractivity contribution in [1.82, 2.24) is 15.1 Å². The van der Waals surface area contributed by atoms with E-state index in [9.17, 15) is 4.39 Å². The van der Waals surface area contributed by atoms with Gasteiger partial charge in [0, 0.05) is 30.9 Å². The van der Waals surface area contributed by atoms with E-state index in [0.717, 1.165) is 17.9 Å². The van der Waals surface area contributed by atoms with E-state index in [0.29, 0.717) is 17.6 Å². The molecule has 2 rings (SSSR count). The molecule has 19 heavy (non-hydrogen) atoms. The molecule has 0 spiro atoms. The van der Waals surface area contributed by atoms with Crippen molar-refractivity contribution in [3.8, 4) is 5.69 Å². The third-order valence-corrected chi connectivity index (χ3v) is 3.23. The topological polar surface area (TPSA) is 39.1 Å². The van der Waals surface area contributed by atoms with Gasteiger partial charge in [-0.15, -0.1) is 0 Å². The van der Waals surface area contributed by atoms with Crippen molar-refractivity contribution >= 4 is 15.9 Å². The number of benzene rings is 1. The van der Waals surface area contributed by atoms with Gasteiger partial charge in [-0.1, -0.05) is 0 Å². The van der Waals surface area contributed by atoms with Gasteiger partial charge in [0.25, 0.3) is 0 Å². The minimum Gasteiger partial charge on any atom is -0.383 e. The number of nitrogens with zero attached hydrogens (tertiary/aromatic N) is 2. The predicted molar refractivity (Wildman–Crippen MR) is 74.8 cm³/mol. The molecule has 1 heterocycles. The van der Waals surface area contributed by atoms with Crippen molar-refractivity contribution in [2.24, 2.45) is 0 Å². The molecule has 0 aliphatic rings. The maximum absolute atomic E-state index is 13.0. The van der Waals surface area contributed by atoms with E-state index in [1.165, 1.54) is 12.1 Å². The van der Waals surface area contributed by atoms with Crippen LogP contribution >= 0.6 is 15.9 Å². The molecule has 0 aliphatic carbocycles. The summed E-state index contributed by atoms with van der Waals surface area (Å²) >= 11 is 3.33. The molecule has 4 nitrogen and oxygen atoms in total. The third kappa shape index (κ3) is 3.86.